The molecular formula is C21H26N4O3S. The fourth-order valence-electron chi connectivity index (χ4n) is 4.08. The van der Waals surface area contributed by atoms with Crippen LogP contribution >= 0.6 is 0 Å². The van der Waals surface area contributed by atoms with Gasteiger partial charge in [-0.2, -0.15) is 4.40 Å². The Morgan fingerprint density at radius 2 is 2.24 bits per heavy atom. The van der Waals surface area contributed by atoms with Crippen molar-refractivity contribution in [3.05, 3.63) is 53.1 Å². The number of amidine groups is 1. The first-order valence-electron chi connectivity index (χ1n) is 9.79. The van der Waals surface area contributed by atoms with Gasteiger partial charge in [0.1, 0.15) is 17.3 Å². The second-order valence-corrected chi connectivity index (χ2v) is 8.62. The third-order valence-corrected chi connectivity index (χ3v) is 6.02. The molecule has 2 atom stereocenters. The highest BCUT2D eigenvalue weighted by Gasteiger charge is 2.23. The number of fused-ring (bicyclic) bond motifs is 1. The summed E-state index contributed by atoms with van der Waals surface area (Å²) in [6.45, 7) is 5.39. The molecular weight excluding hydrogens is 388 g/mol. The van der Waals surface area contributed by atoms with E-state index in [1.54, 1.807) is 6.07 Å². The van der Waals surface area contributed by atoms with Gasteiger partial charge in [-0.05, 0) is 61.7 Å². The molecule has 2 aromatic carbocycles. The van der Waals surface area contributed by atoms with Crippen molar-refractivity contribution in [3.63, 3.8) is 0 Å². The number of rotatable bonds is 5. The molecule has 0 bridgehead atoms. The number of benzene rings is 2. The maximum absolute atomic E-state index is 11.7. The largest absolute Gasteiger partial charge is 0.508 e. The second kappa shape index (κ2) is 8.42. The molecule has 1 unspecified atom stereocenters. The van der Waals surface area contributed by atoms with E-state index in [0.717, 1.165) is 43.6 Å². The normalized spacial score (nSPS) is 21.8. The van der Waals surface area contributed by atoms with Gasteiger partial charge >= 0.3 is 0 Å². The van der Waals surface area contributed by atoms with Crippen molar-refractivity contribution in [2.24, 2.45) is 16.0 Å². The molecule has 0 aromatic heterocycles. The summed E-state index contributed by atoms with van der Waals surface area (Å²) in [6.07, 6.45) is 2.22. The van der Waals surface area contributed by atoms with Crippen molar-refractivity contribution in [2.75, 3.05) is 24.4 Å². The predicted molar refractivity (Wildman–Crippen MR) is 115 cm³/mol. The molecule has 29 heavy (non-hydrogen) atoms. The molecule has 0 aliphatic carbocycles. The highest BCUT2D eigenvalue weighted by atomic mass is 32.2. The average molecular weight is 415 g/mol. The summed E-state index contributed by atoms with van der Waals surface area (Å²) in [5, 5.41) is 9.84. The smallest absolute Gasteiger partial charge is 0.245 e. The van der Waals surface area contributed by atoms with E-state index in [4.69, 9.17) is 10.5 Å². The molecule has 0 saturated carbocycles. The summed E-state index contributed by atoms with van der Waals surface area (Å²) in [5.74, 6) is 1.62. The summed E-state index contributed by atoms with van der Waals surface area (Å²) < 4.78 is 24.5. The van der Waals surface area contributed by atoms with Crippen molar-refractivity contribution in [2.45, 2.75) is 26.3 Å². The Morgan fingerprint density at radius 1 is 1.38 bits per heavy atom. The van der Waals surface area contributed by atoms with E-state index >= 15 is 0 Å². The van der Waals surface area contributed by atoms with E-state index in [-0.39, 0.29) is 5.84 Å². The molecule has 2 heterocycles. The lowest BCUT2D eigenvalue weighted by molar-refractivity contribution is 0.125. The topological polar surface area (TPSA) is 100 Å². The Morgan fingerprint density at radius 3 is 3.07 bits per heavy atom. The zero-order chi connectivity index (χ0) is 20.4. The van der Waals surface area contributed by atoms with E-state index in [0.29, 0.717) is 35.3 Å². The van der Waals surface area contributed by atoms with Crippen LogP contribution in [0, 0.1) is 12.8 Å². The lowest BCUT2D eigenvalue weighted by Crippen LogP contribution is -2.37. The number of phenols is 1. The van der Waals surface area contributed by atoms with Crippen LogP contribution in [0.25, 0.3) is 0 Å². The predicted octanol–water partition coefficient (Wildman–Crippen LogP) is 2.70. The van der Waals surface area contributed by atoms with Crippen LogP contribution in [0.4, 0.5) is 5.69 Å². The van der Waals surface area contributed by atoms with Gasteiger partial charge in [-0.25, -0.2) is 4.21 Å². The zero-order valence-corrected chi connectivity index (χ0v) is 17.2. The number of piperidine rings is 1. The Balaban J connectivity index is 1.39. The third-order valence-electron chi connectivity index (χ3n) is 5.27. The lowest BCUT2D eigenvalue weighted by Gasteiger charge is -2.33. The molecule has 0 amide bonds. The lowest BCUT2D eigenvalue weighted by atomic mass is 9.98. The molecule has 1 saturated heterocycles. The number of nitrogens with one attached hydrogen (secondary N) is 1. The van der Waals surface area contributed by atoms with E-state index in [1.165, 1.54) is 0 Å². The number of aromatic hydroxyl groups is 1. The number of nitrogens with two attached hydrogens (primary N) is 1. The SMILES string of the molecule is Cc1cc(O)cc(CN2CCC[C@H](COc3cccc4c3C(N)=NS(=O)N4)C2)c1. The maximum Gasteiger partial charge on any atom is 0.245 e. The van der Waals surface area contributed by atoms with E-state index in [9.17, 15) is 9.32 Å². The molecule has 2 aliphatic heterocycles. The Kier molecular flexibility index (Phi) is 5.73. The zero-order valence-electron chi connectivity index (χ0n) is 16.4. The van der Waals surface area contributed by atoms with Crippen molar-refractivity contribution >= 4 is 22.7 Å². The number of nitrogens with zero attached hydrogens (tertiary/aromatic N) is 2. The summed E-state index contributed by atoms with van der Waals surface area (Å²) in [7, 11) is 0. The van der Waals surface area contributed by atoms with Crippen LogP contribution in [-0.2, 0) is 17.7 Å². The highest BCUT2D eigenvalue weighted by molar-refractivity contribution is 7.85. The third kappa shape index (κ3) is 4.71. The van der Waals surface area contributed by atoms with E-state index < -0.39 is 11.2 Å². The van der Waals surface area contributed by atoms with E-state index in [1.807, 2.05) is 31.2 Å². The van der Waals surface area contributed by atoms with Gasteiger partial charge < -0.3 is 15.6 Å². The van der Waals surface area contributed by atoms with Crippen molar-refractivity contribution in [3.8, 4) is 11.5 Å². The quantitative estimate of drug-likeness (QED) is 0.698. The van der Waals surface area contributed by atoms with E-state index in [2.05, 4.69) is 20.1 Å². The summed E-state index contributed by atoms with van der Waals surface area (Å²) in [6, 6.07) is 11.3. The number of likely N-dealkylation sites (tertiary alicyclic amines) is 1. The maximum atomic E-state index is 11.7. The van der Waals surface area contributed by atoms with Gasteiger partial charge in [-0.15, -0.1) is 0 Å². The van der Waals surface area contributed by atoms with Gasteiger partial charge in [-0.3, -0.25) is 9.62 Å². The van der Waals surface area contributed by atoms with Crippen molar-refractivity contribution < 1.29 is 14.1 Å². The van der Waals surface area contributed by atoms with Gasteiger partial charge in [0.2, 0.25) is 11.2 Å². The first-order valence-corrected chi connectivity index (χ1v) is 10.9. The standard InChI is InChI=1S/C21H26N4O3S/c1-14-8-16(10-17(26)9-14)12-25-7-3-4-15(11-25)13-28-19-6-2-5-18-20(19)21(22)24-29(27)23-18/h2,5-6,8-10,15,23,26H,3-4,7,11-13H2,1H3,(H2,22,24)/t15-,29?/m0/s1. The molecule has 2 aromatic rings. The number of hydrogen-bond donors (Lipinski definition) is 3. The van der Waals surface area contributed by atoms with Crippen LogP contribution in [0.5, 0.6) is 11.5 Å². The monoisotopic (exact) mass is 414 g/mol. The summed E-state index contributed by atoms with van der Waals surface area (Å²) in [4.78, 5) is 2.41. The number of ether oxygens (including phenoxy) is 1. The van der Waals surface area contributed by atoms with Crippen molar-refractivity contribution in [1.82, 2.24) is 4.90 Å². The fourth-order valence-corrected chi connectivity index (χ4v) is 4.76. The van der Waals surface area contributed by atoms with Crippen LogP contribution in [0.2, 0.25) is 0 Å². The van der Waals surface area contributed by atoms with Gasteiger partial charge in [0.25, 0.3) is 0 Å². The minimum absolute atomic E-state index is 0.234. The van der Waals surface area contributed by atoms with Gasteiger partial charge in [-0.1, -0.05) is 12.1 Å². The van der Waals surface area contributed by atoms with Crippen LogP contribution in [0.3, 0.4) is 0 Å². The van der Waals surface area contributed by atoms with Crippen LogP contribution < -0.4 is 15.2 Å². The molecule has 154 valence electrons. The fraction of sp³-hybridized carbons (Fsp3) is 0.381. The van der Waals surface area contributed by atoms with Gasteiger partial charge in [0, 0.05) is 19.0 Å². The molecule has 1 fully saturated rings. The molecule has 7 nitrogen and oxygen atoms in total. The summed E-state index contributed by atoms with van der Waals surface area (Å²) in [5.41, 5.74) is 9.54. The van der Waals surface area contributed by atoms with Gasteiger partial charge in [0.05, 0.1) is 17.9 Å². The molecule has 4 rings (SSSR count). The number of aryl methyl sites for hydroxylation is 1. The molecule has 0 spiro atoms. The second-order valence-electron chi connectivity index (χ2n) is 7.74. The Hall–Kier alpha value is -2.58. The molecule has 2 aliphatic rings. The number of phenolic OH excluding ortho intramolecular Hbond substituents is 1. The van der Waals surface area contributed by atoms with Crippen molar-refractivity contribution in [1.29, 1.82) is 0 Å². The Bertz CT molecular complexity index is 943. The molecule has 8 heteroatoms. The minimum Gasteiger partial charge on any atom is -0.508 e. The highest BCUT2D eigenvalue weighted by Crippen LogP contribution is 2.30. The first-order chi connectivity index (χ1) is 14.0. The van der Waals surface area contributed by atoms with Gasteiger partial charge in [0.15, 0.2) is 0 Å². The first kappa shape index (κ1) is 19.7. The van der Waals surface area contributed by atoms with Crippen LogP contribution in [0.15, 0.2) is 40.8 Å². The van der Waals surface area contributed by atoms with Crippen LogP contribution in [-0.4, -0.2) is 39.7 Å². The molecule has 0 radical (unpaired) electrons. The summed E-state index contributed by atoms with van der Waals surface area (Å²) >= 11 is -1.54. The van der Waals surface area contributed by atoms with Crippen LogP contribution in [0.1, 0.15) is 29.5 Å². The number of anilines is 1. The number of hydrogen-bond acceptors (Lipinski definition) is 5. The Labute approximate surface area is 173 Å². The molecule has 4 N–H and O–H groups in total. The average Bonchev–Trinajstić information content (AvgIpc) is 2.65. The minimum atomic E-state index is -1.54.